The molecule has 3 aromatic rings. The second kappa shape index (κ2) is 13.1. The van der Waals surface area contributed by atoms with Crippen LogP contribution in [0.3, 0.4) is 0 Å². The molecular weight excluding hydrogens is 512 g/mol. The van der Waals surface area contributed by atoms with Crippen LogP contribution in [-0.4, -0.2) is 95.8 Å². The second-order valence-electron chi connectivity index (χ2n) is 10.5. The number of rotatable bonds is 12. The molecule has 0 radical (unpaired) electrons. The molecule has 11 nitrogen and oxygen atoms in total. The van der Waals surface area contributed by atoms with Crippen molar-refractivity contribution in [2.24, 2.45) is 0 Å². The van der Waals surface area contributed by atoms with Gasteiger partial charge in [0.1, 0.15) is 18.1 Å². The number of morpholine rings is 1. The van der Waals surface area contributed by atoms with E-state index >= 15 is 0 Å². The molecule has 1 atom stereocenters. The standard InChI is InChI=1S/C29H40N6O5/c1-6-29(2,3)30-28(37)27(21-11-12-24(38-4)25(19-21)39-5)34(14-13-33-15-17-40-18-16-33)26(36)20-35-23-10-8-7-9-22(23)31-32-35/h7-12,19,27H,6,13-18,20H2,1-5H3,(H,30,37). The summed E-state index contributed by atoms with van der Waals surface area (Å²) in [7, 11) is 3.11. The highest BCUT2D eigenvalue weighted by atomic mass is 16.5. The molecule has 11 heteroatoms. The van der Waals surface area contributed by atoms with E-state index < -0.39 is 11.6 Å². The minimum absolute atomic E-state index is 0.0577. The molecule has 0 spiro atoms. The number of ether oxygens (including phenoxy) is 3. The van der Waals surface area contributed by atoms with Gasteiger partial charge in [0, 0.05) is 31.7 Å². The van der Waals surface area contributed by atoms with Crippen molar-refractivity contribution in [3.05, 3.63) is 48.0 Å². The summed E-state index contributed by atoms with van der Waals surface area (Å²) in [6.45, 7) is 9.66. The number of nitrogens with zero attached hydrogens (tertiary/aromatic N) is 5. The van der Waals surface area contributed by atoms with Gasteiger partial charge in [-0.1, -0.05) is 30.3 Å². The number of carbonyl (C=O) groups excluding carboxylic acids is 2. The van der Waals surface area contributed by atoms with Crippen LogP contribution in [0.15, 0.2) is 42.5 Å². The Bertz CT molecular complexity index is 1300. The third kappa shape index (κ3) is 6.89. The highest BCUT2D eigenvalue weighted by molar-refractivity contribution is 5.89. The van der Waals surface area contributed by atoms with Gasteiger partial charge in [-0.3, -0.25) is 14.5 Å². The first-order valence-corrected chi connectivity index (χ1v) is 13.7. The first-order chi connectivity index (χ1) is 19.3. The first-order valence-electron chi connectivity index (χ1n) is 13.7. The molecule has 2 amide bonds. The molecule has 0 bridgehead atoms. The van der Waals surface area contributed by atoms with Gasteiger partial charge in [0.25, 0.3) is 0 Å². The normalized spacial score (nSPS) is 15.0. The van der Waals surface area contributed by atoms with E-state index in [1.807, 2.05) is 51.1 Å². The van der Waals surface area contributed by atoms with Crippen molar-refractivity contribution in [2.75, 3.05) is 53.6 Å². The zero-order chi connectivity index (χ0) is 28.7. The molecule has 0 aliphatic carbocycles. The Labute approximate surface area is 235 Å². The lowest BCUT2D eigenvalue weighted by atomic mass is 9.98. The largest absolute Gasteiger partial charge is 0.493 e. The quantitative estimate of drug-likeness (QED) is 0.365. The smallest absolute Gasteiger partial charge is 0.247 e. The van der Waals surface area contributed by atoms with E-state index in [1.165, 1.54) is 0 Å². The average Bonchev–Trinajstić information content (AvgIpc) is 3.37. The Kier molecular flexibility index (Phi) is 9.59. The van der Waals surface area contributed by atoms with Crippen LogP contribution in [0.1, 0.15) is 38.8 Å². The molecule has 1 aromatic heterocycles. The van der Waals surface area contributed by atoms with Gasteiger partial charge in [0.05, 0.1) is 33.0 Å². The van der Waals surface area contributed by atoms with Crippen LogP contribution in [0.4, 0.5) is 0 Å². The monoisotopic (exact) mass is 552 g/mol. The van der Waals surface area contributed by atoms with Crippen molar-refractivity contribution < 1.29 is 23.8 Å². The zero-order valence-corrected chi connectivity index (χ0v) is 24.1. The van der Waals surface area contributed by atoms with E-state index in [4.69, 9.17) is 14.2 Å². The predicted molar refractivity (Wildman–Crippen MR) is 151 cm³/mol. The van der Waals surface area contributed by atoms with Crippen LogP contribution in [0.25, 0.3) is 11.0 Å². The maximum atomic E-state index is 14.1. The molecule has 2 aromatic carbocycles. The number of carbonyl (C=O) groups is 2. The van der Waals surface area contributed by atoms with Crippen molar-refractivity contribution in [1.29, 1.82) is 0 Å². The average molecular weight is 553 g/mol. The van der Waals surface area contributed by atoms with E-state index in [2.05, 4.69) is 20.5 Å². The molecule has 1 N–H and O–H groups in total. The molecule has 1 unspecified atom stereocenters. The highest BCUT2D eigenvalue weighted by Gasteiger charge is 2.35. The summed E-state index contributed by atoms with van der Waals surface area (Å²) in [5.41, 5.74) is 1.62. The number of nitrogens with one attached hydrogen (secondary N) is 1. The highest BCUT2D eigenvalue weighted by Crippen LogP contribution is 2.33. The molecule has 4 rings (SSSR count). The fraction of sp³-hybridized carbons (Fsp3) is 0.517. The molecule has 1 aliphatic heterocycles. The van der Waals surface area contributed by atoms with Crippen molar-refractivity contribution in [3.63, 3.8) is 0 Å². The fourth-order valence-electron chi connectivity index (χ4n) is 4.71. The van der Waals surface area contributed by atoms with Gasteiger partial charge in [0.2, 0.25) is 11.8 Å². The lowest BCUT2D eigenvalue weighted by Crippen LogP contribution is -2.52. The maximum Gasteiger partial charge on any atom is 0.247 e. The van der Waals surface area contributed by atoms with Crippen LogP contribution in [0.5, 0.6) is 11.5 Å². The lowest BCUT2D eigenvalue weighted by molar-refractivity contribution is -0.142. The second-order valence-corrected chi connectivity index (χ2v) is 10.5. The maximum absolute atomic E-state index is 14.1. The van der Waals surface area contributed by atoms with Crippen LogP contribution in [0.2, 0.25) is 0 Å². The van der Waals surface area contributed by atoms with Crippen LogP contribution < -0.4 is 14.8 Å². The number of hydrogen-bond acceptors (Lipinski definition) is 8. The lowest BCUT2D eigenvalue weighted by Gasteiger charge is -2.36. The van der Waals surface area contributed by atoms with Crippen molar-refractivity contribution in [1.82, 2.24) is 30.1 Å². The number of amides is 2. The molecule has 2 heterocycles. The van der Waals surface area contributed by atoms with E-state index in [-0.39, 0.29) is 18.4 Å². The first kappa shape index (κ1) is 29.3. The van der Waals surface area contributed by atoms with Gasteiger partial charge < -0.3 is 24.4 Å². The number of benzene rings is 2. The number of para-hydroxylation sites is 1. The predicted octanol–water partition coefficient (Wildman–Crippen LogP) is 2.66. The number of hydrogen-bond donors (Lipinski definition) is 1. The molecule has 1 saturated heterocycles. The van der Waals surface area contributed by atoms with E-state index in [1.54, 1.807) is 35.9 Å². The van der Waals surface area contributed by atoms with E-state index in [0.717, 1.165) is 25.0 Å². The molecule has 216 valence electrons. The van der Waals surface area contributed by atoms with Gasteiger partial charge >= 0.3 is 0 Å². The number of aromatic nitrogens is 3. The van der Waals surface area contributed by atoms with E-state index in [9.17, 15) is 9.59 Å². The van der Waals surface area contributed by atoms with Gasteiger partial charge in [0.15, 0.2) is 11.5 Å². The fourth-order valence-corrected chi connectivity index (χ4v) is 4.71. The van der Waals surface area contributed by atoms with Gasteiger partial charge in [-0.25, -0.2) is 4.68 Å². The van der Waals surface area contributed by atoms with Crippen molar-refractivity contribution in [3.8, 4) is 11.5 Å². The van der Waals surface area contributed by atoms with E-state index in [0.29, 0.717) is 48.9 Å². The minimum atomic E-state index is -0.908. The molecular formula is C29H40N6O5. The van der Waals surface area contributed by atoms with Crippen LogP contribution >= 0.6 is 0 Å². The zero-order valence-electron chi connectivity index (χ0n) is 24.1. The Morgan fingerprint density at radius 1 is 1.10 bits per heavy atom. The van der Waals surface area contributed by atoms with Crippen molar-refractivity contribution >= 4 is 22.8 Å². The van der Waals surface area contributed by atoms with Gasteiger partial charge in [-0.05, 0) is 50.1 Å². The Morgan fingerprint density at radius 3 is 2.52 bits per heavy atom. The molecule has 0 saturated carbocycles. The molecule has 1 aliphatic rings. The number of fused-ring (bicyclic) bond motifs is 1. The van der Waals surface area contributed by atoms with Crippen molar-refractivity contribution in [2.45, 2.75) is 45.3 Å². The third-order valence-electron chi connectivity index (χ3n) is 7.42. The summed E-state index contributed by atoms with van der Waals surface area (Å²) < 4.78 is 18.1. The third-order valence-corrected chi connectivity index (χ3v) is 7.42. The van der Waals surface area contributed by atoms with Gasteiger partial charge in [-0.15, -0.1) is 5.10 Å². The van der Waals surface area contributed by atoms with Crippen LogP contribution in [0, 0.1) is 0 Å². The summed E-state index contributed by atoms with van der Waals surface area (Å²) in [4.78, 5) is 32.0. The summed E-state index contributed by atoms with van der Waals surface area (Å²) >= 11 is 0. The molecule has 40 heavy (non-hydrogen) atoms. The topological polar surface area (TPSA) is 111 Å². The van der Waals surface area contributed by atoms with Gasteiger partial charge in [-0.2, -0.15) is 0 Å². The number of methoxy groups -OCH3 is 2. The Morgan fingerprint density at radius 2 is 1.82 bits per heavy atom. The Hall–Kier alpha value is -3.70. The summed E-state index contributed by atoms with van der Waals surface area (Å²) in [5, 5.41) is 11.6. The summed E-state index contributed by atoms with van der Waals surface area (Å²) in [6, 6.07) is 11.9. The van der Waals surface area contributed by atoms with Crippen LogP contribution in [-0.2, 0) is 20.9 Å². The Balaban J connectivity index is 1.73. The summed E-state index contributed by atoms with van der Waals surface area (Å²) in [6.07, 6.45) is 0.726. The molecule has 1 fully saturated rings. The SMILES string of the molecule is CCC(C)(C)NC(=O)C(c1ccc(OC)c(OC)c1)N(CCN1CCOCC1)C(=O)Cn1nnc2ccccc21. The summed E-state index contributed by atoms with van der Waals surface area (Å²) in [5.74, 6) is 0.515. The minimum Gasteiger partial charge on any atom is -0.493 e.